The highest BCUT2D eigenvalue weighted by Gasteiger charge is 2.20. The van der Waals surface area contributed by atoms with Crippen LogP contribution in [-0.4, -0.2) is 16.5 Å². The minimum absolute atomic E-state index is 0.122. The maximum absolute atomic E-state index is 12.4. The van der Waals surface area contributed by atoms with Gasteiger partial charge in [0.2, 0.25) is 0 Å². The van der Waals surface area contributed by atoms with Gasteiger partial charge in [0.05, 0.1) is 10.0 Å². The fourth-order valence-electron chi connectivity index (χ4n) is 3.59. The minimum Gasteiger partial charge on any atom is -0.349 e. The first kappa shape index (κ1) is 19.5. The maximum Gasteiger partial charge on any atom is 0.262 e. The first-order chi connectivity index (χ1) is 12.9. The van der Waals surface area contributed by atoms with Crippen LogP contribution in [0.4, 0.5) is 0 Å². The second kappa shape index (κ2) is 8.21. The number of aromatic nitrogens is 1. The molecule has 1 aliphatic carbocycles. The molecule has 4 nitrogen and oxygen atoms in total. The normalized spacial score (nSPS) is 15.0. The number of hydrogen-bond acceptors (Lipinski definition) is 2. The maximum atomic E-state index is 12.4. The Balaban J connectivity index is 1.92. The van der Waals surface area contributed by atoms with Crippen molar-refractivity contribution in [1.82, 2.24) is 9.88 Å². The van der Waals surface area contributed by atoms with Gasteiger partial charge in [-0.2, -0.15) is 5.26 Å². The molecule has 27 heavy (non-hydrogen) atoms. The van der Waals surface area contributed by atoms with Crippen molar-refractivity contribution in [2.45, 2.75) is 45.6 Å². The second-order valence-electron chi connectivity index (χ2n) is 6.88. The smallest absolute Gasteiger partial charge is 0.262 e. The lowest BCUT2D eigenvalue weighted by Crippen LogP contribution is -2.33. The summed E-state index contributed by atoms with van der Waals surface area (Å²) in [5.74, 6) is -0.302. The second-order valence-corrected chi connectivity index (χ2v) is 7.70. The predicted molar refractivity (Wildman–Crippen MR) is 109 cm³/mol. The fourth-order valence-corrected chi connectivity index (χ4v) is 3.88. The average molecular weight is 402 g/mol. The Labute approximate surface area is 169 Å². The number of carbonyl (C=O) groups is 1. The van der Waals surface area contributed by atoms with Crippen LogP contribution in [0, 0.1) is 25.2 Å². The highest BCUT2D eigenvalue weighted by Crippen LogP contribution is 2.28. The van der Waals surface area contributed by atoms with Gasteiger partial charge in [-0.15, -0.1) is 0 Å². The van der Waals surface area contributed by atoms with E-state index in [9.17, 15) is 10.1 Å². The molecule has 1 heterocycles. The number of hydrogen-bond donors (Lipinski definition) is 1. The molecule has 1 aromatic heterocycles. The minimum atomic E-state index is -0.302. The Morgan fingerprint density at radius 3 is 2.56 bits per heavy atom. The molecule has 0 saturated heterocycles. The molecule has 0 unspecified atom stereocenters. The van der Waals surface area contributed by atoms with Gasteiger partial charge in [0.1, 0.15) is 11.6 Å². The molecular weight excluding hydrogens is 381 g/mol. The van der Waals surface area contributed by atoms with Crippen LogP contribution in [0.2, 0.25) is 10.0 Å². The Bertz CT molecular complexity index is 947. The average Bonchev–Trinajstić information content (AvgIpc) is 3.23. The third-order valence-electron chi connectivity index (χ3n) is 4.99. The van der Waals surface area contributed by atoms with E-state index >= 15 is 0 Å². The number of aryl methyl sites for hydroxylation is 1. The highest BCUT2D eigenvalue weighted by molar-refractivity contribution is 6.42. The van der Waals surface area contributed by atoms with E-state index in [0.29, 0.717) is 10.0 Å². The van der Waals surface area contributed by atoms with Crippen LogP contribution in [0.5, 0.6) is 0 Å². The molecule has 3 rings (SSSR count). The zero-order chi connectivity index (χ0) is 19.6. The summed E-state index contributed by atoms with van der Waals surface area (Å²) in [7, 11) is 0. The molecule has 2 aromatic rings. The molecule has 0 aliphatic heterocycles. The highest BCUT2D eigenvalue weighted by atomic mass is 35.5. The Hall–Kier alpha value is -2.22. The van der Waals surface area contributed by atoms with Crippen molar-refractivity contribution >= 4 is 35.2 Å². The van der Waals surface area contributed by atoms with Crippen molar-refractivity contribution in [3.05, 3.63) is 56.8 Å². The van der Waals surface area contributed by atoms with E-state index in [1.165, 1.54) is 0 Å². The number of nitrogens with zero attached hydrogens (tertiary/aromatic N) is 2. The number of carbonyl (C=O) groups excluding carboxylic acids is 1. The summed E-state index contributed by atoms with van der Waals surface area (Å²) >= 11 is 12.2. The molecule has 1 amide bonds. The SMILES string of the molecule is Cc1cc(/C=C(\C#N)C(=O)NC2CCCC2)c(C)n1-c1ccc(Cl)c(Cl)c1. The van der Waals surface area contributed by atoms with Crippen molar-refractivity contribution < 1.29 is 4.79 Å². The summed E-state index contributed by atoms with van der Waals surface area (Å²) in [6, 6.07) is 9.62. The molecule has 1 N–H and O–H groups in total. The van der Waals surface area contributed by atoms with E-state index in [2.05, 4.69) is 5.32 Å². The lowest BCUT2D eigenvalue weighted by Gasteiger charge is -2.11. The third-order valence-corrected chi connectivity index (χ3v) is 5.73. The number of amides is 1. The van der Waals surface area contributed by atoms with Crippen LogP contribution in [0.15, 0.2) is 29.8 Å². The van der Waals surface area contributed by atoms with Crippen LogP contribution >= 0.6 is 23.2 Å². The standard InChI is InChI=1S/C21H21Cl2N3O/c1-13-9-15(10-16(12-24)21(27)25-17-5-3-4-6-17)14(2)26(13)18-7-8-19(22)20(23)11-18/h7-11,17H,3-6H2,1-2H3,(H,25,27)/b16-10+. The van der Waals surface area contributed by atoms with Crippen LogP contribution in [-0.2, 0) is 4.79 Å². The number of benzene rings is 1. The summed E-state index contributed by atoms with van der Waals surface area (Å²) in [6.07, 6.45) is 5.87. The van der Waals surface area contributed by atoms with Crippen molar-refractivity contribution in [1.29, 1.82) is 5.26 Å². The van der Waals surface area contributed by atoms with Gasteiger partial charge < -0.3 is 9.88 Å². The van der Waals surface area contributed by atoms with Crippen molar-refractivity contribution in [2.24, 2.45) is 0 Å². The lowest BCUT2D eigenvalue weighted by molar-refractivity contribution is -0.117. The van der Waals surface area contributed by atoms with Gasteiger partial charge in [0, 0.05) is 23.1 Å². The van der Waals surface area contributed by atoms with Gasteiger partial charge in [-0.05, 0) is 62.6 Å². The molecule has 1 saturated carbocycles. The zero-order valence-corrected chi connectivity index (χ0v) is 16.9. The Morgan fingerprint density at radius 2 is 1.93 bits per heavy atom. The van der Waals surface area contributed by atoms with Crippen LogP contribution < -0.4 is 5.32 Å². The molecule has 140 valence electrons. The number of halogens is 2. The molecule has 1 fully saturated rings. The predicted octanol–water partition coefficient (Wildman–Crippen LogP) is 5.37. The van der Waals surface area contributed by atoms with E-state index in [-0.39, 0.29) is 17.5 Å². The Kier molecular flexibility index (Phi) is 5.94. The van der Waals surface area contributed by atoms with Gasteiger partial charge in [0.25, 0.3) is 5.91 Å². The Morgan fingerprint density at radius 1 is 1.22 bits per heavy atom. The summed E-state index contributed by atoms with van der Waals surface area (Å²) in [6.45, 7) is 3.92. The first-order valence-corrected chi connectivity index (χ1v) is 9.73. The van der Waals surface area contributed by atoms with E-state index in [1.54, 1.807) is 18.2 Å². The topological polar surface area (TPSA) is 57.8 Å². The van der Waals surface area contributed by atoms with Gasteiger partial charge in [-0.25, -0.2) is 0 Å². The molecule has 1 aromatic carbocycles. The molecule has 0 spiro atoms. The number of rotatable bonds is 4. The number of nitrogens with one attached hydrogen (secondary N) is 1. The first-order valence-electron chi connectivity index (χ1n) is 8.97. The van der Waals surface area contributed by atoms with Gasteiger partial charge in [-0.3, -0.25) is 4.79 Å². The zero-order valence-electron chi connectivity index (χ0n) is 15.4. The summed E-state index contributed by atoms with van der Waals surface area (Å²) in [4.78, 5) is 12.4. The van der Waals surface area contributed by atoms with Crippen molar-refractivity contribution in [3.63, 3.8) is 0 Å². The van der Waals surface area contributed by atoms with E-state index in [0.717, 1.165) is 48.3 Å². The summed E-state index contributed by atoms with van der Waals surface area (Å²) in [5.41, 5.74) is 3.74. The van der Waals surface area contributed by atoms with Gasteiger partial charge in [-0.1, -0.05) is 36.0 Å². The van der Waals surface area contributed by atoms with Gasteiger partial charge >= 0.3 is 0 Å². The molecule has 0 atom stereocenters. The molecule has 1 aliphatic rings. The molecule has 6 heteroatoms. The summed E-state index contributed by atoms with van der Waals surface area (Å²) in [5, 5.41) is 13.4. The van der Waals surface area contributed by atoms with Crippen molar-refractivity contribution in [2.75, 3.05) is 0 Å². The van der Waals surface area contributed by atoms with E-state index in [1.807, 2.05) is 36.6 Å². The largest absolute Gasteiger partial charge is 0.349 e. The monoisotopic (exact) mass is 401 g/mol. The van der Waals surface area contributed by atoms with Crippen LogP contribution in [0.3, 0.4) is 0 Å². The quantitative estimate of drug-likeness (QED) is 0.552. The third kappa shape index (κ3) is 4.21. The molecular formula is C21H21Cl2N3O. The van der Waals surface area contributed by atoms with Crippen molar-refractivity contribution in [3.8, 4) is 11.8 Å². The fraction of sp³-hybridized carbons (Fsp3) is 0.333. The van der Waals surface area contributed by atoms with E-state index in [4.69, 9.17) is 23.2 Å². The number of nitriles is 1. The molecule has 0 radical (unpaired) electrons. The lowest BCUT2D eigenvalue weighted by atomic mass is 10.1. The summed E-state index contributed by atoms with van der Waals surface area (Å²) < 4.78 is 2.03. The van der Waals surface area contributed by atoms with Gasteiger partial charge in [0.15, 0.2) is 0 Å². The van der Waals surface area contributed by atoms with Crippen LogP contribution in [0.1, 0.15) is 42.6 Å². The van der Waals surface area contributed by atoms with E-state index < -0.39 is 0 Å². The van der Waals surface area contributed by atoms with Crippen LogP contribution in [0.25, 0.3) is 11.8 Å². The molecule has 0 bridgehead atoms.